The molecule has 0 fully saturated rings. The topological polar surface area (TPSA) is 9.86 Å². The highest BCUT2D eigenvalue weighted by Crippen LogP contribution is 2.62. The van der Waals surface area contributed by atoms with Crippen molar-refractivity contribution < 1.29 is 0 Å². The van der Waals surface area contributed by atoms with Crippen LogP contribution in [0.25, 0.3) is 88.4 Å². The van der Waals surface area contributed by atoms with E-state index in [4.69, 9.17) is 0 Å². The van der Waals surface area contributed by atoms with Crippen LogP contribution in [0.1, 0.15) is 44.5 Å². The summed E-state index contributed by atoms with van der Waals surface area (Å²) in [4.78, 5) is 0. The molecule has 2 aromatic heterocycles. The number of rotatable bonds is 2. The van der Waals surface area contributed by atoms with Gasteiger partial charge in [0.1, 0.15) is 0 Å². The number of benzene rings is 9. The third-order valence-electron chi connectivity index (χ3n) is 15.2. The van der Waals surface area contributed by atoms with Crippen molar-refractivity contribution in [3.05, 3.63) is 208 Å². The zero-order chi connectivity index (χ0) is 40.9. The van der Waals surface area contributed by atoms with Crippen LogP contribution in [0.2, 0.25) is 0 Å². The second-order valence-electron chi connectivity index (χ2n) is 18.7. The number of hydrogen-bond acceptors (Lipinski definition) is 0. The van der Waals surface area contributed by atoms with Gasteiger partial charge in [0.15, 0.2) is 0 Å². The molecule has 1 spiro atoms. The molecule has 1 aliphatic carbocycles. The minimum absolute atomic E-state index is 0.0115. The molecule has 4 aliphatic rings. The van der Waals surface area contributed by atoms with Gasteiger partial charge >= 0.3 is 0 Å². The molecule has 0 radical (unpaired) electrons. The summed E-state index contributed by atoms with van der Waals surface area (Å²) >= 11 is 0. The Morgan fingerprint density at radius 1 is 0.419 bits per heavy atom. The maximum Gasteiger partial charge on any atom is 0.253 e. The van der Waals surface area contributed by atoms with E-state index in [1.165, 1.54) is 149 Å². The van der Waals surface area contributed by atoms with Crippen LogP contribution in [0.4, 0.5) is 0 Å². The summed E-state index contributed by atoms with van der Waals surface area (Å²) in [7, 11) is 0. The third-order valence-corrected chi connectivity index (χ3v) is 15.2. The second kappa shape index (κ2) is 11.1. The molecule has 3 heteroatoms. The van der Waals surface area contributed by atoms with Gasteiger partial charge in [-0.25, -0.2) is 0 Å². The van der Waals surface area contributed by atoms with Crippen molar-refractivity contribution in [2.24, 2.45) is 0 Å². The molecule has 15 rings (SSSR count). The van der Waals surface area contributed by atoms with Gasteiger partial charge in [-0.05, 0) is 124 Å². The number of aryl methyl sites for hydroxylation is 4. The van der Waals surface area contributed by atoms with Crippen LogP contribution in [0.5, 0.6) is 0 Å². The highest BCUT2D eigenvalue weighted by atomic mass is 15.1. The van der Waals surface area contributed by atoms with Gasteiger partial charge in [0, 0.05) is 38.6 Å². The van der Waals surface area contributed by atoms with E-state index in [9.17, 15) is 0 Å². The largest absolute Gasteiger partial charge is 0.310 e. The molecule has 2 nitrogen and oxygen atoms in total. The first-order valence-electron chi connectivity index (χ1n) is 22.1. The maximum absolute atomic E-state index is 2.74. The van der Waals surface area contributed by atoms with Crippen molar-refractivity contribution in [1.82, 2.24) is 9.13 Å². The van der Waals surface area contributed by atoms with Gasteiger partial charge < -0.3 is 9.13 Å². The molecule has 0 amide bonds. The normalized spacial score (nSPS) is 14.2. The first kappa shape index (κ1) is 33.4. The molecule has 0 N–H and O–H groups in total. The summed E-state index contributed by atoms with van der Waals surface area (Å²) in [5.41, 5.74) is 28.9. The highest BCUT2D eigenvalue weighted by Gasteiger charge is 2.54. The van der Waals surface area contributed by atoms with E-state index in [0.717, 1.165) is 0 Å². The molecular weight excluding hydrogens is 747 g/mol. The van der Waals surface area contributed by atoms with Gasteiger partial charge in [0.05, 0.1) is 22.1 Å². The first-order valence-corrected chi connectivity index (χ1v) is 22.1. The summed E-state index contributed by atoms with van der Waals surface area (Å²) in [5, 5.41) is 6.64. The van der Waals surface area contributed by atoms with Crippen molar-refractivity contribution >= 4 is 66.6 Å². The van der Waals surface area contributed by atoms with E-state index in [1.54, 1.807) is 0 Å². The van der Waals surface area contributed by atoms with Gasteiger partial charge in [-0.1, -0.05) is 162 Å². The van der Waals surface area contributed by atoms with E-state index in [2.05, 4.69) is 201 Å². The third kappa shape index (κ3) is 3.71. The molecule has 11 aromatic rings. The molecule has 3 aliphatic heterocycles. The average Bonchev–Trinajstić information content (AvgIpc) is 3.90. The Labute approximate surface area is 360 Å². The molecular formula is C59H39BN2. The molecule has 0 atom stereocenters. The standard InChI is InChI=1S/C59H39BN2/c1-32-19-21-40-41-22-20-33(2)28-47(41)59(46(40)27-32)45-23-24-50-53-58(45)62-55-42(25-34(3)29-48(55)59)43-26-35(4)30-49(56(43)62)60(53)52-39-18-12-11-17-38(39)31-44-51(36-13-7-5-8-14-36)54(61(50)57(44)52)37-15-9-6-10-16-37/h5-31H,1-4H3. The van der Waals surface area contributed by atoms with Crippen LogP contribution in [0.3, 0.4) is 0 Å². The van der Waals surface area contributed by atoms with Crippen LogP contribution >= 0.6 is 0 Å². The lowest BCUT2D eigenvalue weighted by Crippen LogP contribution is -2.60. The summed E-state index contributed by atoms with van der Waals surface area (Å²) in [6.07, 6.45) is 0. The Balaban J connectivity index is 1.23. The lowest BCUT2D eigenvalue weighted by Gasteiger charge is -2.44. The van der Waals surface area contributed by atoms with Gasteiger partial charge in [-0.3, -0.25) is 0 Å². The Bertz CT molecular complexity index is 3850. The zero-order valence-corrected chi connectivity index (χ0v) is 35.1. The molecule has 5 heterocycles. The monoisotopic (exact) mass is 786 g/mol. The van der Waals surface area contributed by atoms with Gasteiger partial charge in [-0.15, -0.1) is 0 Å². The minimum Gasteiger partial charge on any atom is -0.310 e. The summed E-state index contributed by atoms with van der Waals surface area (Å²) in [5.74, 6) is 0. The lowest BCUT2D eigenvalue weighted by molar-refractivity contribution is 0.746. The lowest BCUT2D eigenvalue weighted by atomic mass is 9.33. The number of hydrogen-bond donors (Lipinski definition) is 0. The number of aromatic nitrogens is 2. The predicted octanol–water partition coefficient (Wildman–Crippen LogP) is 12.3. The second-order valence-corrected chi connectivity index (χ2v) is 18.7. The molecule has 62 heavy (non-hydrogen) atoms. The zero-order valence-electron chi connectivity index (χ0n) is 35.1. The Morgan fingerprint density at radius 3 is 1.77 bits per heavy atom. The van der Waals surface area contributed by atoms with Crippen LogP contribution in [0, 0.1) is 27.7 Å². The Hall–Kier alpha value is -7.36. The summed E-state index contributed by atoms with van der Waals surface area (Å²) in [6, 6.07) is 63.5. The fourth-order valence-electron chi connectivity index (χ4n) is 13.1. The fraction of sp³-hybridized carbons (Fsp3) is 0.0847. The van der Waals surface area contributed by atoms with E-state index in [-0.39, 0.29) is 6.71 Å². The SMILES string of the molecule is Cc1ccc2c(c1)C1(c3cc(C)ccc3-2)c2ccc3c4c2-n2c5c(cc(C)cc5c5cc(C)cc1c52)B4c1c2ccccc2cc2c(-c4ccccc4)c(-c4ccccc4)n-3c12. The molecule has 0 unspecified atom stereocenters. The number of nitrogens with zero attached hydrogens (tertiary/aromatic N) is 2. The Morgan fingerprint density at radius 2 is 1.05 bits per heavy atom. The van der Waals surface area contributed by atoms with Crippen LogP contribution in [-0.2, 0) is 5.41 Å². The van der Waals surface area contributed by atoms with Crippen molar-refractivity contribution in [1.29, 1.82) is 0 Å². The van der Waals surface area contributed by atoms with Crippen molar-refractivity contribution in [3.63, 3.8) is 0 Å². The number of fused-ring (bicyclic) bond motifs is 13. The molecule has 288 valence electrons. The predicted molar refractivity (Wildman–Crippen MR) is 260 cm³/mol. The fourth-order valence-corrected chi connectivity index (χ4v) is 13.1. The molecule has 9 aromatic carbocycles. The summed E-state index contributed by atoms with van der Waals surface area (Å²) in [6.45, 7) is 9.17. The van der Waals surface area contributed by atoms with Gasteiger partial charge in [0.2, 0.25) is 0 Å². The Kier molecular flexibility index (Phi) is 5.98. The molecule has 0 saturated carbocycles. The maximum atomic E-state index is 2.74. The van der Waals surface area contributed by atoms with Crippen LogP contribution < -0.4 is 16.4 Å². The van der Waals surface area contributed by atoms with Gasteiger partial charge in [-0.2, -0.15) is 0 Å². The van der Waals surface area contributed by atoms with E-state index in [1.807, 2.05) is 0 Å². The van der Waals surface area contributed by atoms with E-state index in [0.29, 0.717) is 0 Å². The molecule has 0 bridgehead atoms. The minimum atomic E-state index is -0.513. The van der Waals surface area contributed by atoms with Gasteiger partial charge in [0.25, 0.3) is 6.71 Å². The molecule has 0 saturated heterocycles. The van der Waals surface area contributed by atoms with E-state index < -0.39 is 5.41 Å². The van der Waals surface area contributed by atoms with Crippen LogP contribution in [0.15, 0.2) is 164 Å². The quantitative estimate of drug-likeness (QED) is 0.155. The van der Waals surface area contributed by atoms with Crippen molar-refractivity contribution in [2.45, 2.75) is 33.1 Å². The van der Waals surface area contributed by atoms with Crippen molar-refractivity contribution in [2.75, 3.05) is 0 Å². The van der Waals surface area contributed by atoms with E-state index >= 15 is 0 Å². The van der Waals surface area contributed by atoms with Crippen LogP contribution in [-0.4, -0.2) is 15.8 Å². The summed E-state index contributed by atoms with van der Waals surface area (Å²) < 4.78 is 5.42. The van der Waals surface area contributed by atoms with Crippen molar-refractivity contribution in [3.8, 4) is 44.9 Å². The highest BCUT2D eigenvalue weighted by molar-refractivity contribution is 7.01. The smallest absolute Gasteiger partial charge is 0.253 e. The first-order chi connectivity index (χ1) is 30.4. The average molecular weight is 787 g/mol.